The molecule has 1 aromatic rings. The number of rotatable bonds is 6. The molecule has 0 aliphatic rings. The predicted molar refractivity (Wildman–Crippen MR) is 83.0 cm³/mol. The monoisotopic (exact) mass is 278 g/mol. The number of carbonyl (C=O) groups excluding carboxylic acids is 1. The Balaban J connectivity index is 2.67. The van der Waals surface area contributed by atoms with Gasteiger partial charge in [0.05, 0.1) is 12.1 Å². The summed E-state index contributed by atoms with van der Waals surface area (Å²) >= 11 is 0. The fraction of sp³-hybridized carbons (Fsp3) is 0.562. The Bertz CT molecular complexity index is 444. The molecule has 1 aromatic carbocycles. The largest absolute Gasteiger partial charge is 0.389 e. The van der Waals surface area contributed by atoms with Gasteiger partial charge in [0.1, 0.15) is 0 Å². The Morgan fingerprint density at radius 3 is 2.30 bits per heavy atom. The van der Waals surface area contributed by atoms with E-state index in [9.17, 15) is 9.90 Å². The molecule has 0 saturated carbocycles. The Hall–Kier alpha value is -1.39. The van der Waals surface area contributed by atoms with Crippen LogP contribution in [0.1, 0.15) is 31.9 Å². The summed E-state index contributed by atoms with van der Waals surface area (Å²) in [5.41, 5.74) is 2.21. The molecule has 0 aromatic heterocycles. The van der Waals surface area contributed by atoms with E-state index < -0.39 is 5.60 Å². The number of likely N-dealkylation sites (N-methyl/N-ethyl adjacent to an activating group) is 1. The van der Waals surface area contributed by atoms with Crippen LogP contribution in [0.5, 0.6) is 0 Å². The molecule has 0 heterocycles. The van der Waals surface area contributed by atoms with Crippen molar-refractivity contribution in [3.05, 3.63) is 29.3 Å². The van der Waals surface area contributed by atoms with Gasteiger partial charge in [0.2, 0.25) is 5.91 Å². The fourth-order valence-electron chi connectivity index (χ4n) is 2.22. The fourth-order valence-corrected chi connectivity index (χ4v) is 2.22. The van der Waals surface area contributed by atoms with Crippen LogP contribution in [-0.2, 0) is 4.79 Å². The highest BCUT2D eigenvalue weighted by Gasteiger charge is 2.19. The van der Waals surface area contributed by atoms with Crippen molar-refractivity contribution in [1.29, 1.82) is 0 Å². The second-order valence-electron chi connectivity index (χ2n) is 5.93. The molecule has 0 bridgehead atoms. The van der Waals surface area contributed by atoms with Crippen LogP contribution in [0.4, 0.5) is 5.69 Å². The zero-order valence-electron chi connectivity index (χ0n) is 13.2. The minimum absolute atomic E-state index is 0.0477. The summed E-state index contributed by atoms with van der Waals surface area (Å²) in [5.74, 6) is -0.0477. The lowest BCUT2D eigenvalue weighted by Gasteiger charge is -2.27. The van der Waals surface area contributed by atoms with Crippen LogP contribution in [0, 0.1) is 13.8 Å². The maximum absolute atomic E-state index is 12.1. The normalized spacial score (nSPS) is 11.8. The third kappa shape index (κ3) is 5.31. The number of hydrogen-bond donors (Lipinski definition) is 2. The number of hydrogen-bond acceptors (Lipinski definition) is 3. The third-order valence-corrected chi connectivity index (χ3v) is 3.17. The molecular formula is C16H26N2O2. The Morgan fingerprint density at radius 1 is 1.30 bits per heavy atom. The number of carbonyl (C=O) groups is 1. The number of aliphatic hydroxyl groups is 1. The standard InChI is InChI=1S/C16H26N2O2/c1-6-18(11-16(4,5)20)10-14(19)17-15-12(2)8-7-9-13(15)3/h7-9,20H,6,10-11H2,1-5H3,(H,17,19). The SMILES string of the molecule is CCN(CC(=O)Nc1c(C)cccc1C)CC(C)(C)O. The van der Waals surface area contributed by atoms with E-state index in [0.29, 0.717) is 6.54 Å². The van der Waals surface area contributed by atoms with Gasteiger partial charge in [-0.25, -0.2) is 0 Å². The van der Waals surface area contributed by atoms with Crippen LogP contribution in [0.15, 0.2) is 18.2 Å². The van der Waals surface area contributed by atoms with Gasteiger partial charge >= 0.3 is 0 Å². The quantitative estimate of drug-likeness (QED) is 0.839. The summed E-state index contributed by atoms with van der Waals surface area (Å²) in [5, 5.41) is 12.8. The van der Waals surface area contributed by atoms with Gasteiger partial charge < -0.3 is 10.4 Å². The van der Waals surface area contributed by atoms with E-state index in [1.165, 1.54) is 0 Å². The highest BCUT2D eigenvalue weighted by Crippen LogP contribution is 2.19. The Labute approximate surface area is 121 Å². The highest BCUT2D eigenvalue weighted by atomic mass is 16.3. The first kappa shape index (κ1) is 16.7. The maximum atomic E-state index is 12.1. The van der Waals surface area contributed by atoms with Crippen molar-refractivity contribution in [2.75, 3.05) is 25.0 Å². The van der Waals surface area contributed by atoms with E-state index in [1.54, 1.807) is 13.8 Å². The lowest BCUT2D eigenvalue weighted by molar-refractivity contribution is -0.117. The number of nitrogens with one attached hydrogen (secondary N) is 1. The molecule has 2 N–H and O–H groups in total. The summed E-state index contributed by atoms with van der Waals surface area (Å²) in [4.78, 5) is 14.1. The second-order valence-corrected chi connectivity index (χ2v) is 5.93. The van der Waals surface area contributed by atoms with Gasteiger partial charge in [0.25, 0.3) is 0 Å². The molecule has 112 valence electrons. The molecule has 0 aliphatic carbocycles. The zero-order chi connectivity index (χ0) is 15.3. The van der Waals surface area contributed by atoms with Gasteiger partial charge in [0, 0.05) is 12.2 Å². The minimum Gasteiger partial charge on any atom is -0.389 e. The first-order chi connectivity index (χ1) is 9.23. The molecule has 0 atom stereocenters. The van der Waals surface area contributed by atoms with Crippen LogP contribution < -0.4 is 5.32 Å². The number of para-hydroxylation sites is 1. The minimum atomic E-state index is -0.797. The zero-order valence-corrected chi connectivity index (χ0v) is 13.2. The molecule has 20 heavy (non-hydrogen) atoms. The number of amides is 1. The summed E-state index contributed by atoms with van der Waals surface area (Å²) in [7, 11) is 0. The molecular weight excluding hydrogens is 252 g/mol. The van der Waals surface area contributed by atoms with Gasteiger partial charge in [-0.05, 0) is 45.4 Å². The Kier molecular flexibility index (Phi) is 5.72. The van der Waals surface area contributed by atoms with Crippen molar-refractivity contribution >= 4 is 11.6 Å². The molecule has 0 fully saturated rings. The van der Waals surface area contributed by atoms with Crippen molar-refractivity contribution in [1.82, 2.24) is 4.90 Å². The topological polar surface area (TPSA) is 52.6 Å². The molecule has 0 unspecified atom stereocenters. The van der Waals surface area contributed by atoms with Crippen molar-refractivity contribution in [2.45, 2.75) is 40.2 Å². The molecule has 4 nitrogen and oxygen atoms in total. The lowest BCUT2D eigenvalue weighted by Crippen LogP contribution is -2.42. The summed E-state index contributed by atoms with van der Waals surface area (Å²) < 4.78 is 0. The van der Waals surface area contributed by atoms with Crippen molar-refractivity contribution < 1.29 is 9.90 Å². The van der Waals surface area contributed by atoms with Crippen LogP contribution in [-0.4, -0.2) is 41.1 Å². The van der Waals surface area contributed by atoms with Gasteiger partial charge in [-0.3, -0.25) is 9.69 Å². The van der Waals surface area contributed by atoms with Crippen molar-refractivity contribution in [3.8, 4) is 0 Å². The second kappa shape index (κ2) is 6.86. The average Bonchev–Trinajstić information content (AvgIpc) is 2.31. The number of benzene rings is 1. The molecule has 0 aliphatic heterocycles. The van der Waals surface area contributed by atoms with Crippen molar-refractivity contribution in [2.24, 2.45) is 0 Å². The van der Waals surface area contributed by atoms with Crippen LogP contribution in [0.2, 0.25) is 0 Å². The van der Waals surface area contributed by atoms with E-state index in [4.69, 9.17) is 0 Å². The van der Waals surface area contributed by atoms with Crippen LogP contribution in [0.3, 0.4) is 0 Å². The summed E-state index contributed by atoms with van der Waals surface area (Å²) in [6, 6.07) is 5.95. The molecule has 4 heteroatoms. The van der Waals surface area contributed by atoms with Crippen LogP contribution in [0.25, 0.3) is 0 Å². The smallest absolute Gasteiger partial charge is 0.238 e. The van der Waals surface area contributed by atoms with Gasteiger partial charge in [-0.1, -0.05) is 25.1 Å². The Morgan fingerprint density at radius 2 is 1.85 bits per heavy atom. The summed E-state index contributed by atoms with van der Waals surface area (Å²) in [6.45, 7) is 10.9. The average molecular weight is 278 g/mol. The van der Waals surface area contributed by atoms with Gasteiger partial charge in [-0.2, -0.15) is 0 Å². The molecule has 0 saturated heterocycles. The molecule has 1 amide bonds. The molecule has 1 rings (SSSR count). The van der Waals surface area contributed by atoms with Crippen molar-refractivity contribution in [3.63, 3.8) is 0 Å². The maximum Gasteiger partial charge on any atom is 0.238 e. The predicted octanol–water partition coefficient (Wildman–Crippen LogP) is 2.33. The van der Waals surface area contributed by atoms with Gasteiger partial charge in [0.15, 0.2) is 0 Å². The lowest BCUT2D eigenvalue weighted by atomic mass is 10.1. The molecule has 0 radical (unpaired) electrons. The first-order valence-electron chi connectivity index (χ1n) is 7.03. The highest BCUT2D eigenvalue weighted by molar-refractivity contribution is 5.93. The van der Waals surface area contributed by atoms with E-state index in [2.05, 4.69) is 5.32 Å². The number of anilines is 1. The van der Waals surface area contributed by atoms with Gasteiger partial charge in [-0.15, -0.1) is 0 Å². The van der Waals surface area contributed by atoms with E-state index >= 15 is 0 Å². The van der Waals surface area contributed by atoms with E-state index in [1.807, 2.05) is 43.9 Å². The summed E-state index contributed by atoms with van der Waals surface area (Å²) in [6.07, 6.45) is 0. The number of nitrogens with zero attached hydrogens (tertiary/aromatic N) is 1. The number of aryl methyl sites for hydroxylation is 2. The van der Waals surface area contributed by atoms with Crippen LogP contribution >= 0.6 is 0 Å². The third-order valence-electron chi connectivity index (χ3n) is 3.17. The van der Waals surface area contributed by atoms with E-state index in [-0.39, 0.29) is 12.5 Å². The van der Waals surface area contributed by atoms with E-state index in [0.717, 1.165) is 23.4 Å². The first-order valence-corrected chi connectivity index (χ1v) is 7.03. The molecule has 0 spiro atoms.